The van der Waals surface area contributed by atoms with Crippen LogP contribution in [0.4, 0.5) is 0 Å². The highest BCUT2D eigenvalue weighted by Gasteiger charge is 2.75. The molecule has 2 heteroatoms. The Balaban J connectivity index is 1.33. The molecule has 10 atom stereocenters. The van der Waals surface area contributed by atoms with Crippen LogP contribution in [0.3, 0.4) is 0 Å². The van der Waals surface area contributed by atoms with Crippen molar-refractivity contribution in [3.05, 3.63) is 0 Å². The van der Waals surface area contributed by atoms with Gasteiger partial charge in [-0.05, 0) is 97.7 Å². The Morgan fingerprint density at radius 1 is 0.966 bits per heavy atom. The number of aliphatic hydroxyl groups excluding tert-OH is 1. The van der Waals surface area contributed by atoms with Gasteiger partial charge in [0.2, 0.25) is 0 Å². The van der Waals surface area contributed by atoms with Crippen molar-refractivity contribution in [1.82, 2.24) is 0 Å². The van der Waals surface area contributed by atoms with Crippen LogP contribution in [0.25, 0.3) is 0 Å². The molecule has 0 aromatic rings. The van der Waals surface area contributed by atoms with Gasteiger partial charge in [0.1, 0.15) is 0 Å². The van der Waals surface area contributed by atoms with Crippen LogP contribution in [0.5, 0.6) is 0 Å². The summed E-state index contributed by atoms with van der Waals surface area (Å²) in [7, 11) is 0. The number of fused-ring (bicyclic) bond motifs is 4. The average molecular weight is 419 g/mol. The smallest absolute Gasteiger partial charge is 0.0554 e. The van der Waals surface area contributed by atoms with Crippen molar-refractivity contribution in [2.75, 3.05) is 0 Å². The van der Waals surface area contributed by atoms with E-state index in [0.717, 1.165) is 53.6 Å². The Hall–Kier alpha value is 0.310. The molecule has 0 aromatic carbocycles. The molecule has 4 aliphatic carbocycles. The van der Waals surface area contributed by atoms with Gasteiger partial charge in [-0.15, -0.1) is 11.8 Å². The van der Waals surface area contributed by atoms with Gasteiger partial charge in [-0.25, -0.2) is 0 Å². The Kier molecular flexibility index (Phi) is 5.23. The second-order valence-corrected chi connectivity index (χ2v) is 14.5. The van der Waals surface area contributed by atoms with Gasteiger partial charge in [0.05, 0.1) is 6.10 Å². The van der Waals surface area contributed by atoms with Gasteiger partial charge in [0.15, 0.2) is 0 Å². The first kappa shape index (κ1) is 21.2. The summed E-state index contributed by atoms with van der Waals surface area (Å²) in [5, 5.41) is 11.3. The van der Waals surface area contributed by atoms with Crippen LogP contribution in [0, 0.1) is 46.3 Å². The monoisotopic (exact) mass is 418 g/mol. The van der Waals surface area contributed by atoms with Crippen molar-refractivity contribution in [2.45, 2.75) is 121 Å². The molecule has 166 valence electrons. The van der Waals surface area contributed by atoms with Crippen LogP contribution in [0.2, 0.25) is 0 Å². The molecule has 5 aliphatic rings. The molecule has 0 amide bonds. The van der Waals surface area contributed by atoms with Gasteiger partial charge in [-0.3, -0.25) is 0 Å². The van der Waals surface area contributed by atoms with Crippen molar-refractivity contribution in [3.8, 4) is 0 Å². The van der Waals surface area contributed by atoms with Gasteiger partial charge in [0.25, 0.3) is 0 Å². The quantitative estimate of drug-likeness (QED) is 0.472. The van der Waals surface area contributed by atoms with Crippen molar-refractivity contribution >= 4 is 11.8 Å². The summed E-state index contributed by atoms with van der Waals surface area (Å²) in [5.74, 6) is 5.66. The average Bonchev–Trinajstić information content (AvgIpc) is 3.22. The van der Waals surface area contributed by atoms with E-state index >= 15 is 0 Å². The Morgan fingerprint density at radius 3 is 2.52 bits per heavy atom. The zero-order valence-corrected chi connectivity index (χ0v) is 20.6. The lowest BCUT2D eigenvalue weighted by Gasteiger charge is -2.60. The highest BCUT2D eigenvalue weighted by Crippen LogP contribution is 2.80. The van der Waals surface area contributed by atoms with Crippen LogP contribution in [0.1, 0.15) is 105 Å². The normalized spacial score (nSPS) is 54.3. The molecular weight excluding hydrogens is 372 g/mol. The Morgan fingerprint density at radius 2 is 1.76 bits per heavy atom. The van der Waals surface area contributed by atoms with Crippen LogP contribution >= 0.6 is 11.8 Å². The first-order valence-electron chi connectivity index (χ1n) is 13.1. The lowest BCUT2D eigenvalue weighted by molar-refractivity contribution is -0.103. The molecule has 1 spiro atoms. The second kappa shape index (κ2) is 7.16. The van der Waals surface area contributed by atoms with E-state index in [0.29, 0.717) is 15.6 Å². The Bertz CT molecular complexity index is 632. The minimum atomic E-state index is -0.0199. The first-order chi connectivity index (χ1) is 13.7. The molecular formula is C27H46OS. The van der Waals surface area contributed by atoms with E-state index < -0.39 is 0 Å². The number of hydrogen-bond acceptors (Lipinski definition) is 2. The number of rotatable bonds is 5. The molecule has 1 aliphatic heterocycles. The van der Waals surface area contributed by atoms with Crippen LogP contribution in [-0.2, 0) is 0 Å². The third kappa shape index (κ3) is 3.04. The van der Waals surface area contributed by atoms with Crippen LogP contribution in [0.15, 0.2) is 0 Å². The molecule has 2 unspecified atom stereocenters. The van der Waals surface area contributed by atoms with E-state index in [9.17, 15) is 5.11 Å². The molecule has 1 N–H and O–H groups in total. The molecule has 5 rings (SSSR count). The summed E-state index contributed by atoms with van der Waals surface area (Å²) in [6.45, 7) is 12.7. The molecule has 5 fully saturated rings. The minimum absolute atomic E-state index is 0.0199. The highest BCUT2D eigenvalue weighted by atomic mass is 32.2. The maximum Gasteiger partial charge on any atom is 0.0554 e. The van der Waals surface area contributed by atoms with Crippen molar-refractivity contribution in [2.24, 2.45) is 46.3 Å². The van der Waals surface area contributed by atoms with Crippen LogP contribution in [-0.4, -0.2) is 21.2 Å². The lowest BCUT2D eigenvalue weighted by Crippen LogP contribution is -2.58. The number of hydrogen-bond donors (Lipinski definition) is 1. The predicted molar refractivity (Wildman–Crippen MR) is 125 cm³/mol. The van der Waals surface area contributed by atoms with E-state index in [1.807, 2.05) is 0 Å². The second-order valence-electron chi connectivity index (χ2n) is 13.0. The van der Waals surface area contributed by atoms with Gasteiger partial charge in [0, 0.05) is 10.00 Å². The fraction of sp³-hybridized carbons (Fsp3) is 1.00. The number of aliphatic hydroxyl groups is 1. The molecule has 0 bridgehead atoms. The largest absolute Gasteiger partial charge is 0.393 e. The predicted octanol–water partition coefficient (Wildman–Crippen LogP) is 7.32. The zero-order chi connectivity index (χ0) is 20.6. The summed E-state index contributed by atoms with van der Waals surface area (Å²) >= 11 is 2.29. The molecule has 0 radical (unpaired) electrons. The topological polar surface area (TPSA) is 20.2 Å². The van der Waals surface area contributed by atoms with Gasteiger partial charge < -0.3 is 5.11 Å². The molecule has 1 saturated heterocycles. The van der Waals surface area contributed by atoms with Crippen LogP contribution < -0.4 is 0 Å². The molecule has 1 nitrogen and oxygen atoms in total. The Labute approximate surface area is 184 Å². The van der Waals surface area contributed by atoms with Gasteiger partial charge in [-0.2, -0.15) is 0 Å². The highest BCUT2D eigenvalue weighted by molar-refractivity contribution is 8.08. The summed E-state index contributed by atoms with van der Waals surface area (Å²) in [6.07, 6.45) is 15.2. The molecule has 29 heavy (non-hydrogen) atoms. The van der Waals surface area contributed by atoms with Crippen molar-refractivity contribution in [3.63, 3.8) is 0 Å². The third-order valence-corrected chi connectivity index (χ3v) is 13.2. The van der Waals surface area contributed by atoms with Crippen molar-refractivity contribution in [1.29, 1.82) is 0 Å². The maximum absolute atomic E-state index is 10.4. The lowest BCUT2D eigenvalue weighted by atomic mass is 9.44. The molecule has 4 saturated carbocycles. The summed E-state index contributed by atoms with van der Waals surface area (Å²) < 4.78 is 0.460. The van der Waals surface area contributed by atoms with E-state index in [-0.39, 0.29) is 6.10 Å². The van der Waals surface area contributed by atoms with E-state index in [1.54, 1.807) is 0 Å². The van der Waals surface area contributed by atoms with E-state index in [1.165, 1.54) is 57.8 Å². The van der Waals surface area contributed by atoms with E-state index in [4.69, 9.17) is 0 Å². The first-order valence-corrected chi connectivity index (χ1v) is 13.9. The fourth-order valence-corrected chi connectivity index (χ4v) is 11.7. The summed E-state index contributed by atoms with van der Waals surface area (Å²) in [6, 6.07) is 0. The summed E-state index contributed by atoms with van der Waals surface area (Å²) in [4.78, 5) is 0. The minimum Gasteiger partial charge on any atom is -0.393 e. The summed E-state index contributed by atoms with van der Waals surface area (Å²) in [5.41, 5.74) is 1.12. The standard InChI is InChI=1S/C27H46OS/c1-17(2)7-6-8-18(3)21-9-10-22-20-15-24-27(29-24)16-19(28)11-14-26(27,5)23(20)12-13-25(21,22)4/h17-24,28H,6-16H2,1-5H3/t18-,19+,20+,21-,22+,23+,24?,25-,26-,27?/m1/s1. The molecule has 0 aromatic heterocycles. The zero-order valence-electron chi connectivity index (χ0n) is 19.8. The third-order valence-electron chi connectivity index (χ3n) is 11.3. The van der Waals surface area contributed by atoms with Gasteiger partial charge >= 0.3 is 0 Å². The maximum atomic E-state index is 10.4. The van der Waals surface area contributed by atoms with Gasteiger partial charge in [-0.1, -0.05) is 53.9 Å². The fourth-order valence-electron chi connectivity index (χ4n) is 9.68. The molecule has 1 heterocycles. The van der Waals surface area contributed by atoms with E-state index in [2.05, 4.69) is 46.4 Å². The number of thioether (sulfide) groups is 1. The SMILES string of the molecule is CC(C)CCC[C@@H](C)[C@H]1CC[C@H]2[C@@H]3CC4SC45C[C@@H](O)CC[C@]5(C)[C@H]3CC[C@]12C. The van der Waals surface area contributed by atoms with Crippen molar-refractivity contribution < 1.29 is 5.11 Å².